The summed E-state index contributed by atoms with van der Waals surface area (Å²) >= 11 is 0. The number of hydrogen-bond donors (Lipinski definition) is 1. The SMILES string of the molecule is CS(=O)(=O)N1CCC(C(=O)OCC(=O)Nc2ccccc2F)CC1. The Morgan fingerprint density at radius 2 is 1.92 bits per heavy atom. The number of nitrogens with zero attached hydrogens (tertiary/aromatic N) is 1. The van der Waals surface area contributed by atoms with Crippen molar-refractivity contribution >= 4 is 27.6 Å². The van der Waals surface area contributed by atoms with Gasteiger partial charge in [0.2, 0.25) is 10.0 Å². The summed E-state index contributed by atoms with van der Waals surface area (Å²) in [7, 11) is -3.26. The predicted octanol–water partition coefficient (Wildman–Crippen LogP) is 0.979. The van der Waals surface area contributed by atoms with Crippen LogP contribution >= 0.6 is 0 Å². The number of para-hydroxylation sites is 1. The molecular formula is C15H19FN2O5S. The fourth-order valence-corrected chi connectivity index (χ4v) is 3.30. The van der Waals surface area contributed by atoms with Crippen LogP contribution in [0.1, 0.15) is 12.8 Å². The zero-order valence-electron chi connectivity index (χ0n) is 13.2. The second-order valence-corrected chi connectivity index (χ2v) is 7.55. The number of nitrogens with one attached hydrogen (secondary N) is 1. The number of piperidine rings is 1. The highest BCUT2D eigenvalue weighted by molar-refractivity contribution is 7.88. The lowest BCUT2D eigenvalue weighted by molar-refractivity contribution is -0.152. The molecule has 0 radical (unpaired) electrons. The molecule has 1 aliphatic heterocycles. The maximum Gasteiger partial charge on any atom is 0.309 e. The quantitative estimate of drug-likeness (QED) is 0.792. The van der Waals surface area contributed by atoms with Crippen molar-refractivity contribution in [3.05, 3.63) is 30.1 Å². The summed E-state index contributed by atoms with van der Waals surface area (Å²) in [5.74, 6) is -2.21. The van der Waals surface area contributed by atoms with E-state index >= 15 is 0 Å². The van der Waals surface area contributed by atoms with Gasteiger partial charge in [-0.25, -0.2) is 17.1 Å². The van der Waals surface area contributed by atoms with Gasteiger partial charge in [-0.05, 0) is 25.0 Å². The Morgan fingerprint density at radius 3 is 2.50 bits per heavy atom. The smallest absolute Gasteiger partial charge is 0.309 e. The van der Waals surface area contributed by atoms with E-state index in [1.165, 1.54) is 22.5 Å². The average molecular weight is 358 g/mol. The van der Waals surface area contributed by atoms with Crippen molar-refractivity contribution in [2.24, 2.45) is 5.92 Å². The number of halogens is 1. The van der Waals surface area contributed by atoms with E-state index in [9.17, 15) is 22.4 Å². The van der Waals surface area contributed by atoms with Gasteiger partial charge in [0.15, 0.2) is 6.61 Å². The van der Waals surface area contributed by atoms with Gasteiger partial charge in [-0.15, -0.1) is 0 Å². The van der Waals surface area contributed by atoms with E-state index in [0.29, 0.717) is 12.8 Å². The van der Waals surface area contributed by atoms with E-state index in [4.69, 9.17) is 4.74 Å². The van der Waals surface area contributed by atoms with Crippen LogP contribution in [0, 0.1) is 11.7 Å². The Hall–Kier alpha value is -2.00. The summed E-state index contributed by atoms with van der Waals surface area (Å²) in [6, 6.07) is 5.67. The number of hydrogen-bond acceptors (Lipinski definition) is 5. The molecule has 132 valence electrons. The predicted molar refractivity (Wildman–Crippen MR) is 85.1 cm³/mol. The third-order valence-electron chi connectivity index (χ3n) is 3.75. The topological polar surface area (TPSA) is 92.8 Å². The maximum absolute atomic E-state index is 13.4. The molecule has 1 heterocycles. The summed E-state index contributed by atoms with van der Waals surface area (Å²) in [5, 5.41) is 2.32. The number of sulfonamides is 1. The van der Waals surface area contributed by atoms with Crippen LogP contribution in [0.3, 0.4) is 0 Å². The second kappa shape index (κ2) is 7.71. The molecule has 1 N–H and O–H groups in total. The standard InChI is InChI=1S/C15H19FN2O5S/c1-24(21,22)18-8-6-11(7-9-18)15(20)23-10-14(19)17-13-5-3-2-4-12(13)16/h2-5,11H,6-10H2,1H3,(H,17,19). The molecule has 0 aliphatic carbocycles. The minimum absolute atomic E-state index is 0.0139. The van der Waals surface area contributed by atoms with Crippen LogP contribution in [-0.4, -0.2) is 50.6 Å². The van der Waals surface area contributed by atoms with E-state index < -0.39 is 40.2 Å². The van der Waals surface area contributed by atoms with Crippen molar-refractivity contribution in [1.29, 1.82) is 0 Å². The number of rotatable bonds is 5. The lowest BCUT2D eigenvalue weighted by Gasteiger charge is -2.28. The van der Waals surface area contributed by atoms with Gasteiger partial charge in [-0.2, -0.15) is 0 Å². The fourth-order valence-electron chi connectivity index (χ4n) is 2.43. The number of ether oxygens (including phenoxy) is 1. The van der Waals surface area contributed by atoms with Gasteiger partial charge < -0.3 is 10.1 Å². The zero-order chi connectivity index (χ0) is 17.7. The summed E-state index contributed by atoms with van der Waals surface area (Å²) in [6.07, 6.45) is 1.82. The van der Waals surface area contributed by atoms with E-state index in [0.717, 1.165) is 6.26 Å². The molecule has 1 amide bonds. The van der Waals surface area contributed by atoms with Crippen LogP contribution in [0.4, 0.5) is 10.1 Å². The molecular weight excluding hydrogens is 339 g/mol. The van der Waals surface area contributed by atoms with Gasteiger partial charge in [-0.1, -0.05) is 12.1 Å². The Labute approximate surface area is 139 Å². The highest BCUT2D eigenvalue weighted by Gasteiger charge is 2.30. The van der Waals surface area contributed by atoms with Gasteiger partial charge in [0.25, 0.3) is 5.91 Å². The molecule has 1 saturated heterocycles. The Balaban J connectivity index is 1.77. The number of benzene rings is 1. The van der Waals surface area contributed by atoms with Crippen molar-refractivity contribution in [2.45, 2.75) is 12.8 Å². The summed E-state index contributed by atoms with van der Waals surface area (Å²) in [6.45, 7) is -0.0144. The van der Waals surface area contributed by atoms with Crippen molar-refractivity contribution < 1.29 is 27.1 Å². The van der Waals surface area contributed by atoms with Crippen LogP contribution in [-0.2, 0) is 24.3 Å². The summed E-state index contributed by atoms with van der Waals surface area (Å²) in [5.41, 5.74) is 0.0139. The van der Waals surface area contributed by atoms with Gasteiger partial charge in [0.05, 0.1) is 17.9 Å². The molecule has 0 unspecified atom stereocenters. The Morgan fingerprint density at radius 1 is 1.29 bits per heavy atom. The molecule has 0 aromatic heterocycles. The largest absolute Gasteiger partial charge is 0.455 e. The Bertz CT molecular complexity index is 714. The molecule has 1 fully saturated rings. The third kappa shape index (κ3) is 5.00. The molecule has 0 atom stereocenters. The van der Waals surface area contributed by atoms with Crippen LogP contribution in [0.25, 0.3) is 0 Å². The zero-order valence-corrected chi connectivity index (χ0v) is 14.0. The molecule has 0 saturated carbocycles. The van der Waals surface area contributed by atoms with E-state index in [2.05, 4.69) is 5.32 Å². The monoisotopic (exact) mass is 358 g/mol. The third-order valence-corrected chi connectivity index (χ3v) is 5.05. The molecule has 24 heavy (non-hydrogen) atoms. The number of anilines is 1. The summed E-state index contributed by atoms with van der Waals surface area (Å²) < 4.78 is 42.4. The van der Waals surface area contributed by atoms with Crippen molar-refractivity contribution in [3.8, 4) is 0 Å². The van der Waals surface area contributed by atoms with Gasteiger partial charge in [0, 0.05) is 13.1 Å². The first-order valence-electron chi connectivity index (χ1n) is 7.43. The first-order valence-corrected chi connectivity index (χ1v) is 9.28. The molecule has 1 aromatic rings. The lowest BCUT2D eigenvalue weighted by Crippen LogP contribution is -2.40. The minimum atomic E-state index is -3.26. The van der Waals surface area contributed by atoms with E-state index in [1.807, 2.05) is 0 Å². The van der Waals surface area contributed by atoms with Crippen molar-refractivity contribution in [1.82, 2.24) is 4.31 Å². The highest BCUT2D eigenvalue weighted by Crippen LogP contribution is 2.20. The van der Waals surface area contributed by atoms with E-state index in [1.54, 1.807) is 6.07 Å². The minimum Gasteiger partial charge on any atom is -0.455 e. The molecule has 7 nitrogen and oxygen atoms in total. The maximum atomic E-state index is 13.4. The molecule has 9 heteroatoms. The van der Waals surface area contributed by atoms with E-state index in [-0.39, 0.29) is 18.8 Å². The first kappa shape index (κ1) is 18.3. The van der Waals surface area contributed by atoms with Crippen LogP contribution in [0.15, 0.2) is 24.3 Å². The molecule has 2 rings (SSSR count). The second-order valence-electron chi connectivity index (χ2n) is 5.57. The fraction of sp³-hybridized carbons (Fsp3) is 0.467. The highest BCUT2D eigenvalue weighted by atomic mass is 32.2. The molecule has 1 aromatic carbocycles. The molecule has 0 spiro atoms. The van der Waals surface area contributed by atoms with Crippen molar-refractivity contribution in [2.75, 3.05) is 31.3 Å². The Kier molecular flexibility index (Phi) is 5.89. The number of esters is 1. The first-order chi connectivity index (χ1) is 11.3. The molecule has 1 aliphatic rings. The number of carbonyl (C=O) groups excluding carboxylic acids is 2. The van der Waals surface area contributed by atoms with Gasteiger partial charge in [0.1, 0.15) is 5.82 Å². The number of amides is 1. The van der Waals surface area contributed by atoms with Crippen LogP contribution in [0.5, 0.6) is 0 Å². The lowest BCUT2D eigenvalue weighted by atomic mass is 9.98. The summed E-state index contributed by atoms with van der Waals surface area (Å²) in [4.78, 5) is 23.6. The van der Waals surface area contributed by atoms with Gasteiger partial charge >= 0.3 is 5.97 Å². The van der Waals surface area contributed by atoms with Crippen molar-refractivity contribution in [3.63, 3.8) is 0 Å². The van der Waals surface area contributed by atoms with Crippen LogP contribution < -0.4 is 5.32 Å². The molecule has 0 bridgehead atoms. The normalized spacial score (nSPS) is 16.6. The average Bonchev–Trinajstić information content (AvgIpc) is 2.54. The van der Waals surface area contributed by atoms with Gasteiger partial charge in [-0.3, -0.25) is 9.59 Å². The van der Waals surface area contributed by atoms with Crippen LogP contribution in [0.2, 0.25) is 0 Å². The number of carbonyl (C=O) groups is 2.